The highest BCUT2D eigenvalue weighted by Gasteiger charge is 2.18. The van der Waals surface area contributed by atoms with Crippen molar-refractivity contribution in [2.75, 3.05) is 5.75 Å². The number of hydrogen-bond donors (Lipinski definition) is 1. The summed E-state index contributed by atoms with van der Waals surface area (Å²) in [5.74, 6) is 0.963. The van der Waals surface area contributed by atoms with Crippen LogP contribution >= 0.6 is 11.8 Å². The minimum atomic E-state index is -0.288. The Balaban J connectivity index is 2.11. The number of nitrogens with one attached hydrogen (secondary N) is 1. The van der Waals surface area contributed by atoms with Gasteiger partial charge in [0.1, 0.15) is 0 Å². The number of benzene rings is 1. The normalized spacial score (nSPS) is 14.1. The maximum absolute atomic E-state index is 12.0. The van der Waals surface area contributed by atoms with Crippen LogP contribution in [-0.2, 0) is 13.0 Å². The molecule has 98 valence electrons. The highest BCUT2D eigenvalue weighted by Crippen LogP contribution is 2.25. The van der Waals surface area contributed by atoms with E-state index in [1.165, 1.54) is 0 Å². The molecule has 0 saturated carbocycles. The van der Waals surface area contributed by atoms with Gasteiger partial charge in [-0.05, 0) is 12.0 Å². The van der Waals surface area contributed by atoms with E-state index in [-0.39, 0.29) is 11.2 Å². The first-order chi connectivity index (χ1) is 9.25. The van der Waals surface area contributed by atoms with Crippen molar-refractivity contribution < 1.29 is 0 Å². The van der Waals surface area contributed by atoms with Gasteiger partial charge in [0.05, 0.1) is 10.6 Å². The largest absolute Gasteiger partial charge is 0.329 e. The van der Waals surface area contributed by atoms with Crippen LogP contribution in [0.15, 0.2) is 44.9 Å². The Morgan fingerprint density at radius 3 is 2.79 bits per heavy atom. The molecule has 0 bridgehead atoms. The number of nitrogens with zero attached hydrogens (tertiary/aromatic N) is 1. The second-order valence-corrected chi connectivity index (χ2v) is 5.64. The molecule has 1 aliphatic rings. The summed E-state index contributed by atoms with van der Waals surface area (Å²) in [5, 5.41) is 0.837. The third kappa shape index (κ3) is 2.38. The van der Waals surface area contributed by atoms with Gasteiger partial charge in [-0.2, -0.15) is 0 Å². The first-order valence-corrected chi connectivity index (χ1v) is 7.27. The zero-order valence-electron chi connectivity index (χ0n) is 10.4. The molecule has 1 aliphatic heterocycles. The van der Waals surface area contributed by atoms with Crippen LogP contribution in [0.4, 0.5) is 0 Å². The van der Waals surface area contributed by atoms with Crippen molar-refractivity contribution in [2.24, 2.45) is 0 Å². The molecule has 1 aromatic carbocycles. The minimum absolute atomic E-state index is 0.255. The first-order valence-electron chi connectivity index (χ1n) is 6.28. The summed E-state index contributed by atoms with van der Waals surface area (Å²) in [5.41, 5.74) is 1.25. The van der Waals surface area contributed by atoms with Gasteiger partial charge in [-0.15, -0.1) is 11.8 Å². The van der Waals surface area contributed by atoms with Gasteiger partial charge in [-0.1, -0.05) is 30.3 Å². The molecule has 1 aromatic heterocycles. The standard InChI is InChI=1S/C14H14N2O2S/c17-12-11(9-10-5-2-1-3-6-10)13-16(14(18)15-12)7-4-8-19-13/h1-3,5-6H,4,7-9H2,(H,15,17,18). The van der Waals surface area contributed by atoms with E-state index in [0.29, 0.717) is 18.5 Å². The van der Waals surface area contributed by atoms with E-state index in [4.69, 9.17) is 0 Å². The van der Waals surface area contributed by atoms with E-state index in [0.717, 1.165) is 22.8 Å². The minimum Gasteiger partial charge on any atom is -0.288 e. The number of aromatic nitrogens is 2. The number of thioether (sulfide) groups is 1. The van der Waals surface area contributed by atoms with E-state index in [9.17, 15) is 9.59 Å². The van der Waals surface area contributed by atoms with Gasteiger partial charge in [0.2, 0.25) is 0 Å². The van der Waals surface area contributed by atoms with Crippen molar-refractivity contribution in [3.8, 4) is 0 Å². The number of H-pyrrole nitrogens is 1. The molecular weight excluding hydrogens is 260 g/mol. The molecule has 0 radical (unpaired) electrons. The number of aromatic amines is 1. The summed E-state index contributed by atoms with van der Waals surface area (Å²) in [7, 11) is 0. The van der Waals surface area contributed by atoms with Crippen LogP contribution in [0.25, 0.3) is 0 Å². The van der Waals surface area contributed by atoms with Crippen LogP contribution in [0, 0.1) is 0 Å². The molecule has 5 heteroatoms. The predicted molar refractivity (Wildman–Crippen MR) is 75.9 cm³/mol. The van der Waals surface area contributed by atoms with Gasteiger partial charge in [0.15, 0.2) is 0 Å². The van der Waals surface area contributed by atoms with Crippen molar-refractivity contribution in [2.45, 2.75) is 24.4 Å². The molecule has 0 aliphatic carbocycles. The Morgan fingerprint density at radius 2 is 2.00 bits per heavy atom. The quantitative estimate of drug-likeness (QED) is 0.847. The topological polar surface area (TPSA) is 54.9 Å². The van der Waals surface area contributed by atoms with E-state index < -0.39 is 0 Å². The predicted octanol–water partition coefficient (Wildman–Crippen LogP) is 1.62. The molecule has 19 heavy (non-hydrogen) atoms. The van der Waals surface area contributed by atoms with Gasteiger partial charge in [0, 0.05) is 18.7 Å². The van der Waals surface area contributed by atoms with Gasteiger partial charge in [-0.3, -0.25) is 14.3 Å². The summed E-state index contributed by atoms with van der Waals surface area (Å²) in [6, 6.07) is 9.86. The summed E-state index contributed by atoms with van der Waals surface area (Å²) < 4.78 is 1.69. The molecule has 2 heterocycles. The van der Waals surface area contributed by atoms with Crippen LogP contribution in [0.5, 0.6) is 0 Å². The third-order valence-corrected chi connectivity index (χ3v) is 4.46. The number of fused-ring (bicyclic) bond motifs is 1. The molecule has 0 saturated heterocycles. The maximum atomic E-state index is 12.0. The zero-order valence-corrected chi connectivity index (χ0v) is 11.2. The number of rotatable bonds is 2. The summed E-state index contributed by atoms with van der Waals surface area (Å²) >= 11 is 1.61. The molecule has 2 aromatic rings. The van der Waals surface area contributed by atoms with Gasteiger partial charge in [-0.25, -0.2) is 4.79 Å². The second kappa shape index (κ2) is 5.09. The van der Waals surface area contributed by atoms with E-state index in [2.05, 4.69) is 4.98 Å². The van der Waals surface area contributed by atoms with E-state index >= 15 is 0 Å². The Morgan fingerprint density at radius 1 is 1.21 bits per heavy atom. The molecule has 0 unspecified atom stereocenters. The molecular formula is C14H14N2O2S. The third-order valence-electron chi connectivity index (χ3n) is 3.23. The van der Waals surface area contributed by atoms with Crippen molar-refractivity contribution in [3.63, 3.8) is 0 Å². The Labute approximate surface area is 114 Å². The molecule has 1 N–H and O–H groups in total. The monoisotopic (exact) mass is 274 g/mol. The average Bonchev–Trinajstić information content (AvgIpc) is 2.45. The lowest BCUT2D eigenvalue weighted by Crippen LogP contribution is -2.35. The van der Waals surface area contributed by atoms with Crippen LogP contribution in [0.2, 0.25) is 0 Å². The number of hydrogen-bond acceptors (Lipinski definition) is 3. The summed E-state index contributed by atoms with van der Waals surface area (Å²) in [4.78, 5) is 26.2. The average molecular weight is 274 g/mol. The van der Waals surface area contributed by atoms with Crippen LogP contribution in [-0.4, -0.2) is 15.3 Å². The van der Waals surface area contributed by atoms with Crippen molar-refractivity contribution >= 4 is 11.8 Å². The van der Waals surface area contributed by atoms with Crippen LogP contribution < -0.4 is 11.2 Å². The molecule has 0 amide bonds. The smallest absolute Gasteiger partial charge is 0.288 e. The van der Waals surface area contributed by atoms with Crippen molar-refractivity contribution in [3.05, 3.63) is 62.3 Å². The second-order valence-electron chi connectivity index (χ2n) is 4.56. The van der Waals surface area contributed by atoms with Gasteiger partial charge in [0.25, 0.3) is 5.56 Å². The Kier molecular flexibility index (Phi) is 3.29. The SMILES string of the molecule is O=c1[nH]c(=O)n2c(c1Cc1ccccc1)SCCC2. The Bertz CT molecular complexity index is 704. The molecule has 0 spiro atoms. The fourth-order valence-corrected chi connectivity index (χ4v) is 3.44. The molecule has 4 nitrogen and oxygen atoms in total. The lowest BCUT2D eigenvalue weighted by molar-refractivity contribution is 0.559. The molecule has 3 rings (SSSR count). The van der Waals surface area contributed by atoms with Gasteiger partial charge < -0.3 is 0 Å². The van der Waals surface area contributed by atoms with E-state index in [1.807, 2.05) is 30.3 Å². The Hall–Kier alpha value is -1.75. The fraction of sp³-hybridized carbons (Fsp3) is 0.286. The van der Waals surface area contributed by atoms with Crippen molar-refractivity contribution in [1.29, 1.82) is 0 Å². The summed E-state index contributed by atoms with van der Waals surface area (Å²) in [6.07, 6.45) is 1.53. The first kappa shape index (κ1) is 12.3. The van der Waals surface area contributed by atoms with E-state index in [1.54, 1.807) is 16.3 Å². The molecule has 0 atom stereocenters. The maximum Gasteiger partial charge on any atom is 0.329 e. The lowest BCUT2D eigenvalue weighted by Gasteiger charge is -2.19. The highest BCUT2D eigenvalue weighted by atomic mass is 32.2. The lowest BCUT2D eigenvalue weighted by atomic mass is 10.1. The molecule has 0 fully saturated rings. The van der Waals surface area contributed by atoms with Crippen LogP contribution in [0.3, 0.4) is 0 Å². The summed E-state index contributed by atoms with van der Waals surface area (Å²) in [6.45, 7) is 0.694. The van der Waals surface area contributed by atoms with Crippen LogP contribution in [0.1, 0.15) is 17.5 Å². The van der Waals surface area contributed by atoms with Gasteiger partial charge >= 0.3 is 5.69 Å². The van der Waals surface area contributed by atoms with Crippen molar-refractivity contribution in [1.82, 2.24) is 9.55 Å². The zero-order chi connectivity index (χ0) is 13.2. The highest BCUT2D eigenvalue weighted by molar-refractivity contribution is 7.99. The fourth-order valence-electron chi connectivity index (χ4n) is 2.31.